The van der Waals surface area contributed by atoms with Crippen LogP contribution >= 0.6 is 22.6 Å². The number of benzene rings is 3. The van der Waals surface area contributed by atoms with Gasteiger partial charge in [0, 0.05) is 3.57 Å². The molecule has 0 bridgehead atoms. The average Bonchev–Trinajstić information content (AvgIpc) is 3.00. The number of hydrogen-bond acceptors (Lipinski definition) is 3. The van der Waals surface area contributed by atoms with Crippen molar-refractivity contribution in [3.05, 3.63) is 76.4 Å². The molecule has 7 heteroatoms. The monoisotopic (exact) mass is 473 g/mol. The zero-order valence-electron chi connectivity index (χ0n) is 13.4. The zero-order chi connectivity index (χ0) is 17.9. The summed E-state index contributed by atoms with van der Waals surface area (Å²) in [6.07, 6.45) is 0. The van der Waals surface area contributed by atoms with Gasteiger partial charge in [0.25, 0.3) is 10.0 Å². The topological polar surface area (TPSA) is 55.2 Å². The first-order valence-electron chi connectivity index (χ1n) is 7.95. The Morgan fingerprint density at radius 1 is 0.885 bits per heavy atom. The van der Waals surface area contributed by atoms with E-state index in [0.29, 0.717) is 17.3 Å². The molecule has 0 amide bonds. The molecule has 26 heavy (non-hydrogen) atoms. The van der Waals surface area contributed by atoms with Gasteiger partial charge in [0.15, 0.2) is 0 Å². The molecule has 5 nitrogen and oxygen atoms in total. The maximum absolute atomic E-state index is 13.4. The normalized spacial score (nSPS) is 14.9. The molecule has 0 atom stereocenters. The van der Waals surface area contributed by atoms with E-state index in [4.69, 9.17) is 0 Å². The molecule has 5 rings (SSSR count). The fraction of sp³-hybridized carbons (Fsp3) is 0. The van der Waals surface area contributed by atoms with Gasteiger partial charge in [-0.2, -0.15) is 0 Å². The van der Waals surface area contributed by atoms with Crippen molar-refractivity contribution < 1.29 is 8.42 Å². The van der Waals surface area contributed by atoms with Crippen LogP contribution in [0.25, 0.3) is 16.7 Å². The summed E-state index contributed by atoms with van der Waals surface area (Å²) in [5, 5.41) is 0. The molecule has 0 N–H and O–H groups in total. The smallest absolute Gasteiger partial charge is 0.273 e. The van der Waals surface area contributed by atoms with E-state index in [9.17, 15) is 8.42 Å². The minimum Gasteiger partial charge on any atom is -0.276 e. The molecule has 0 spiro atoms. The number of para-hydroxylation sites is 3. The molecule has 0 radical (unpaired) electrons. The molecule has 0 fully saturated rings. The Morgan fingerprint density at radius 3 is 2.50 bits per heavy atom. The van der Waals surface area contributed by atoms with Crippen LogP contribution in [0.1, 0.15) is 0 Å². The predicted octanol–water partition coefficient (Wildman–Crippen LogP) is 4.47. The lowest BCUT2D eigenvalue weighted by Crippen LogP contribution is -2.33. The molecule has 1 aliphatic rings. The number of sulfonamides is 1. The Kier molecular flexibility index (Phi) is 3.38. The Labute approximate surface area is 164 Å². The van der Waals surface area contributed by atoms with Crippen molar-refractivity contribution in [1.82, 2.24) is 9.55 Å². The first-order chi connectivity index (χ1) is 12.6. The third kappa shape index (κ3) is 2.13. The largest absolute Gasteiger partial charge is 0.276 e. The molecule has 0 unspecified atom stereocenters. The van der Waals surface area contributed by atoms with Gasteiger partial charge in [0.2, 0.25) is 5.95 Å². The van der Waals surface area contributed by atoms with Crippen LogP contribution in [0.3, 0.4) is 0 Å². The number of fused-ring (bicyclic) bond motifs is 5. The highest BCUT2D eigenvalue weighted by molar-refractivity contribution is 14.1. The van der Waals surface area contributed by atoms with E-state index in [2.05, 4.69) is 27.6 Å². The van der Waals surface area contributed by atoms with Gasteiger partial charge in [-0.3, -0.25) is 4.57 Å². The number of halogens is 1. The standard InChI is InChI=1S/C19H12IN3O2S/c20-13-6-5-7-14(12-13)23-19-21-15-8-1-2-9-16(15)22(19)17-10-3-4-11-18(17)26(23,24)25/h1-12H. The van der Waals surface area contributed by atoms with Crippen molar-refractivity contribution in [2.45, 2.75) is 4.90 Å². The highest BCUT2D eigenvalue weighted by atomic mass is 127. The van der Waals surface area contributed by atoms with E-state index in [1.807, 2.05) is 59.2 Å². The Morgan fingerprint density at radius 2 is 1.65 bits per heavy atom. The van der Waals surface area contributed by atoms with E-state index in [-0.39, 0.29) is 4.90 Å². The van der Waals surface area contributed by atoms with Gasteiger partial charge in [-0.05, 0) is 65.1 Å². The van der Waals surface area contributed by atoms with Crippen LogP contribution < -0.4 is 4.31 Å². The van der Waals surface area contributed by atoms with E-state index in [1.54, 1.807) is 18.2 Å². The maximum Gasteiger partial charge on any atom is 0.273 e. The molecule has 2 heterocycles. The maximum atomic E-state index is 13.4. The molecule has 0 aliphatic carbocycles. The molecule has 128 valence electrons. The second-order valence-corrected chi connectivity index (χ2v) is 8.95. The highest BCUT2D eigenvalue weighted by Crippen LogP contribution is 2.42. The highest BCUT2D eigenvalue weighted by Gasteiger charge is 2.38. The Balaban J connectivity index is 1.94. The summed E-state index contributed by atoms with van der Waals surface area (Å²) >= 11 is 2.18. The number of rotatable bonds is 1. The van der Waals surface area contributed by atoms with Crippen LogP contribution in [0, 0.1) is 3.57 Å². The molecule has 1 aromatic heterocycles. The Hall–Kier alpha value is -2.39. The van der Waals surface area contributed by atoms with Gasteiger partial charge < -0.3 is 0 Å². The molecular formula is C19H12IN3O2S. The summed E-state index contributed by atoms with van der Waals surface area (Å²) in [6, 6.07) is 22.1. The van der Waals surface area contributed by atoms with Crippen LogP contribution in [0.5, 0.6) is 0 Å². The van der Waals surface area contributed by atoms with Crippen molar-refractivity contribution in [1.29, 1.82) is 0 Å². The van der Waals surface area contributed by atoms with Crippen molar-refractivity contribution in [3.63, 3.8) is 0 Å². The van der Waals surface area contributed by atoms with Crippen molar-refractivity contribution in [3.8, 4) is 5.69 Å². The van der Waals surface area contributed by atoms with Gasteiger partial charge in [-0.15, -0.1) is 0 Å². The van der Waals surface area contributed by atoms with E-state index in [1.165, 1.54) is 4.31 Å². The Bertz CT molecular complexity index is 1280. The summed E-state index contributed by atoms with van der Waals surface area (Å²) in [7, 11) is -3.77. The fourth-order valence-electron chi connectivity index (χ4n) is 3.31. The van der Waals surface area contributed by atoms with E-state index >= 15 is 0 Å². The van der Waals surface area contributed by atoms with Crippen molar-refractivity contribution in [2.75, 3.05) is 4.31 Å². The van der Waals surface area contributed by atoms with Crippen LogP contribution in [-0.2, 0) is 10.0 Å². The molecule has 3 aromatic carbocycles. The first-order valence-corrected chi connectivity index (χ1v) is 10.5. The van der Waals surface area contributed by atoms with Crippen LogP contribution in [0.2, 0.25) is 0 Å². The van der Waals surface area contributed by atoms with Crippen molar-refractivity contribution >= 4 is 55.3 Å². The SMILES string of the molecule is O=S1(=O)c2ccccc2-n2c(nc3ccccc32)N1c1cccc(I)c1. The number of aromatic nitrogens is 2. The molecule has 4 aromatic rings. The molecule has 0 saturated heterocycles. The van der Waals surface area contributed by atoms with Gasteiger partial charge in [0.1, 0.15) is 4.90 Å². The molecule has 0 saturated carbocycles. The predicted molar refractivity (Wildman–Crippen MR) is 110 cm³/mol. The van der Waals surface area contributed by atoms with Crippen LogP contribution in [0.15, 0.2) is 77.7 Å². The summed E-state index contributed by atoms with van der Waals surface area (Å²) in [5.74, 6) is 0.381. The van der Waals surface area contributed by atoms with E-state index < -0.39 is 10.0 Å². The average molecular weight is 473 g/mol. The second-order valence-electron chi connectivity index (χ2n) is 5.95. The van der Waals surface area contributed by atoms with Crippen LogP contribution in [-0.4, -0.2) is 18.0 Å². The summed E-state index contributed by atoms with van der Waals surface area (Å²) in [5.41, 5.74) is 2.83. The minimum atomic E-state index is -3.77. The molecular weight excluding hydrogens is 461 g/mol. The summed E-state index contributed by atoms with van der Waals surface area (Å²) in [6.45, 7) is 0. The first kappa shape index (κ1) is 15.8. The lowest BCUT2D eigenvalue weighted by Gasteiger charge is -2.30. The lowest BCUT2D eigenvalue weighted by molar-refractivity contribution is 0.592. The third-order valence-corrected chi connectivity index (χ3v) is 6.82. The number of nitrogens with zero attached hydrogens (tertiary/aromatic N) is 3. The fourth-order valence-corrected chi connectivity index (χ4v) is 5.44. The third-order valence-electron chi connectivity index (χ3n) is 4.39. The summed E-state index contributed by atoms with van der Waals surface area (Å²) in [4.78, 5) is 4.92. The number of anilines is 2. The molecule has 1 aliphatic heterocycles. The number of hydrogen-bond donors (Lipinski definition) is 0. The quantitative estimate of drug-likeness (QED) is 0.384. The van der Waals surface area contributed by atoms with Gasteiger partial charge in [0.05, 0.1) is 22.4 Å². The van der Waals surface area contributed by atoms with Gasteiger partial charge in [-0.1, -0.05) is 30.3 Å². The second kappa shape index (κ2) is 5.55. The lowest BCUT2D eigenvalue weighted by atomic mass is 10.2. The summed E-state index contributed by atoms with van der Waals surface area (Å²) < 4.78 is 31.0. The van der Waals surface area contributed by atoms with Crippen LogP contribution in [0.4, 0.5) is 11.6 Å². The number of imidazole rings is 1. The van der Waals surface area contributed by atoms with Crippen molar-refractivity contribution in [2.24, 2.45) is 0 Å². The van der Waals surface area contributed by atoms with Gasteiger partial charge in [-0.25, -0.2) is 17.7 Å². The van der Waals surface area contributed by atoms with Gasteiger partial charge >= 0.3 is 0 Å². The zero-order valence-corrected chi connectivity index (χ0v) is 16.3. The van der Waals surface area contributed by atoms with E-state index in [0.717, 1.165) is 14.6 Å². The minimum absolute atomic E-state index is 0.273.